The van der Waals surface area contributed by atoms with E-state index in [2.05, 4.69) is 38.3 Å². The van der Waals surface area contributed by atoms with Gasteiger partial charge >= 0.3 is 0 Å². The van der Waals surface area contributed by atoms with Crippen molar-refractivity contribution in [1.82, 2.24) is 14.6 Å². The van der Waals surface area contributed by atoms with Gasteiger partial charge in [0.2, 0.25) is 0 Å². The van der Waals surface area contributed by atoms with Gasteiger partial charge in [-0.1, -0.05) is 34.1 Å². The molecule has 3 nitrogen and oxygen atoms in total. The standard InChI is InChI=1S/C13H10BrN3/c14-11-6-4-10(5-7-11)9-13-16-15-12-3-1-2-8-17(12)13/h1-8H,9H2. The Hall–Kier alpha value is -1.68. The number of rotatable bonds is 2. The minimum absolute atomic E-state index is 0.790. The van der Waals surface area contributed by atoms with E-state index in [9.17, 15) is 0 Å². The lowest BCUT2D eigenvalue weighted by Gasteiger charge is -2.00. The van der Waals surface area contributed by atoms with Gasteiger partial charge in [0, 0.05) is 17.1 Å². The fraction of sp³-hybridized carbons (Fsp3) is 0.0769. The van der Waals surface area contributed by atoms with Gasteiger partial charge in [0.25, 0.3) is 0 Å². The molecule has 3 aromatic rings. The Labute approximate surface area is 107 Å². The summed E-state index contributed by atoms with van der Waals surface area (Å²) in [5.41, 5.74) is 2.12. The highest BCUT2D eigenvalue weighted by atomic mass is 79.9. The molecule has 3 rings (SSSR count). The van der Waals surface area contributed by atoms with Crippen LogP contribution in [0.25, 0.3) is 5.65 Å². The number of hydrogen-bond acceptors (Lipinski definition) is 2. The van der Waals surface area contributed by atoms with Crippen LogP contribution in [-0.4, -0.2) is 14.6 Å². The van der Waals surface area contributed by atoms with Gasteiger partial charge in [0.15, 0.2) is 5.65 Å². The van der Waals surface area contributed by atoms with E-state index in [4.69, 9.17) is 0 Å². The lowest BCUT2D eigenvalue weighted by atomic mass is 10.1. The van der Waals surface area contributed by atoms with Crippen LogP contribution < -0.4 is 0 Å². The molecule has 2 aromatic heterocycles. The molecule has 0 atom stereocenters. The fourth-order valence-electron chi connectivity index (χ4n) is 1.80. The number of fused-ring (bicyclic) bond motifs is 1. The number of nitrogens with zero attached hydrogens (tertiary/aromatic N) is 3. The number of hydrogen-bond donors (Lipinski definition) is 0. The molecule has 0 saturated heterocycles. The Morgan fingerprint density at radius 1 is 1.00 bits per heavy atom. The first-order valence-corrected chi connectivity index (χ1v) is 6.15. The quantitative estimate of drug-likeness (QED) is 0.725. The van der Waals surface area contributed by atoms with Crippen molar-refractivity contribution in [3.63, 3.8) is 0 Å². The topological polar surface area (TPSA) is 30.2 Å². The Bertz CT molecular complexity index is 643. The highest BCUT2D eigenvalue weighted by molar-refractivity contribution is 9.10. The van der Waals surface area contributed by atoms with Gasteiger partial charge in [0.1, 0.15) is 5.82 Å². The average molecular weight is 288 g/mol. The van der Waals surface area contributed by atoms with Crippen molar-refractivity contribution in [3.05, 3.63) is 64.5 Å². The van der Waals surface area contributed by atoms with Crippen LogP contribution in [0.4, 0.5) is 0 Å². The van der Waals surface area contributed by atoms with Crippen molar-refractivity contribution in [1.29, 1.82) is 0 Å². The highest BCUT2D eigenvalue weighted by Crippen LogP contribution is 2.13. The lowest BCUT2D eigenvalue weighted by Crippen LogP contribution is -1.95. The number of halogens is 1. The van der Waals surface area contributed by atoms with Crippen LogP contribution in [0.3, 0.4) is 0 Å². The molecule has 0 aliphatic carbocycles. The fourth-order valence-corrected chi connectivity index (χ4v) is 2.06. The van der Waals surface area contributed by atoms with Gasteiger partial charge in [-0.25, -0.2) is 0 Å². The minimum Gasteiger partial charge on any atom is -0.286 e. The minimum atomic E-state index is 0.790. The monoisotopic (exact) mass is 287 g/mol. The van der Waals surface area contributed by atoms with Crippen molar-refractivity contribution < 1.29 is 0 Å². The first-order chi connectivity index (χ1) is 8.33. The summed E-state index contributed by atoms with van der Waals surface area (Å²) in [5.74, 6) is 0.961. The molecule has 0 spiro atoms. The summed E-state index contributed by atoms with van der Waals surface area (Å²) in [6.07, 6.45) is 2.78. The van der Waals surface area contributed by atoms with Crippen LogP contribution in [0.5, 0.6) is 0 Å². The van der Waals surface area contributed by atoms with Crippen LogP contribution in [0.1, 0.15) is 11.4 Å². The lowest BCUT2D eigenvalue weighted by molar-refractivity contribution is 0.934. The van der Waals surface area contributed by atoms with Crippen molar-refractivity contribution in [2.24, 2.45) is 0 Å². The summed E-state index contributed by atoms with van der Waals surface area (Å²) < 4.78 is 3.11. The molecular formula is C13H10BrN3. The Morgan fingerprint density at radius 2 is 1.82 bits per heavy atom. The Morgan fingerprint density at radius 3 is 2.65 bits per heavy atom. The zero-order valence-electron chi connectivity index (χ0n) is 9.05. The maximum atomic E-state index is 4.21. The summed E-state index contributed by atoms with van der Waals surface area (Å²) >= 11 is 3.43. The molecule has 0 bridgehead atoms. The predicted octanol–water partition coefficient (Wildman–Crippen LogP) is 3.08. The van der Waals surface area contributed by atoms with Crippen molar-refractivity contribution in [2.75, 3.05) is 0 Å². The van der Waals surface area contributed by atoms with E-state index in [1.165, 1.54) is 5.56 Å². The van der Waals surface area contributed by atoms with E-state index in [1.54, 1.807) is 0 Å². The normalized spacial score (nSPS) is 10.9. The van der Waals surface area contributed by atoms with Crippen LogP contribution >= 0.6 is 15.9 Å². The summed E-state index contributed by atoms with van der Waals surface area (Å²) in [5, 5.41) is 8.35. The smallest absolute Gasteiger partial charge is 0.160 e. The molecule has 84 valence electrons. The van der Waals surface area contributed by atoms with Crippen molar-refractivity contribution in [3.8, 4) is 0 Å². The van der Waals surface area contributed by atoms with E-state index in [0.717, 1.165) is 22.4 Å². The Kier molecular flexibility index (Phi) is 2.65. The summed E-state index contributed by atoms with van der Waals surface area (Å²) in [4.78, 5) is 0. The molecule has 0 unspecified atom stereocenters. The summed E-state index contributed by atoms with van der Waals surface area (Å²) in [6, 6.07) is 14.2. The maximum Gasteiger partial charge on any atom is 0.160 e. The van der Waals surface area contributed by atoms with E-state index in [1.807, 2.05) is 40.9 Å². The third-order valence-electron chi connectivity index (χ3n) is 2.66. The van der Waals surface area contributed by atoms with Crippen molar-refractivity contribution in [2.45, 2.75) is 6.42 Å². The maximum absolute atomic E-state index is 4.21. The van der Waals surface area contributed by atoms with Crippen LogP contribution in [-0.2, 0) is 6.42 Å². The van der Waals surface area contributed by atoms with Gasteiger partial charge in [0.05, 0.1) is 0 Å². The van der Waals surface area contributed by atoms with Gasteiger partial charge < -0.3 is 0 Å². The van der Waals surface area contributed by atoms with E-state index >= 15 is 0 Å². The zero-order chi connectivity index (χ0) is 11.7. The largest absolute Gasteiger partial charge is 0.286 e. The van der Waals surface area contributed by atoms with E-state index in [-0.39, 0.29) is 0 Å². The van der Waals surface area contributed by atoms with E-state index < -0.39 is 0 Å². The SMILES string of the molecule is Brc1ccc(Cc2nnc3ccccn23)cc1. The molecular weight excluding hydrogens is 278 g/mol. The molecule has 0 fully saturated rings. The second-order valence-electron chi connectivity index (χ2n) is 3.85. The molecule has 0 N–H and O–H groups in total. The molecule has 2 heterocycles. The number of pyridine rings is 1. The molecule has 0 aliphatic rings. The summed E-state index contributed by atoms with van der Waals surface area (Å²) in [6.45, 7) is 0. The molecule has 0 saturated carbocycles. The first kappa shape index (κ1) is 10.5. The third-order valence-corrected chi connectivity index (χ3v) is 3.19. The first-order valence-electron chi connectivity index (χ1n) is 5.36. The third kappa shape index (κ3) is 2.08. The summed E-state index contributed by atoms with van der Waals surface area (Å²) in [7, 11) is 0. The molecule has 0 aliphatic heterocycles. The average Bonchev–Trinajstić information content (AvgIpc) is 2.76. The van der Waals surface area contributed by atoms with E-state index in [0.29, 0.717) is 0 Å². The molecule has 0 amide bonds. The Balaban J connectivity index is 1.97. The second kappa shape index (κ2) is 4.30. The number of aromatic nitrogens is 3. The molecule has 1 aromatic carbocycles. The van der Waals surface area contributed by atoms with Crippen LogP contribution in [0.15, 0.2) is 53.1 Å². The molecule has 4 heteroatoms. The van der Waals surface area contributed by atoms with Crippen molar-refractivity contribution >= 4 is 21.6 Å². The van der Waals surface area contributed by atoms with Gasteiger partial charge in [-0.3, -0.25) is 4.40 Å². The van der Waals surface area contributed by atoms with Crippen LogP contribution in [0.2, 0.25) is 0 Å². The molecule has 17 heavy (non-hydrogen) atoms. The van der Waals surface area contributed by atoms with Gasteiger partial charge in [-0.05, 0) is 29.8 Å². The predicted molar refractivity (Wildman–Crippen MR) is 69.9 cm³/mol. The zero-order valence-corrected chi connectivity index (χ0v) is 10.6. The highest BCUT2D eigenvalue weighted by Gasteiger charge is 2.05. The van der Waals surface area contributed by atoms with Gasteiger partial charge in [-0.2, -0.15) is 0 Å². The molecule has 0 radical (unpaired) electrons. The second-order valence-corrected chi connectivity index (χ2v) is 4.76. The van der Waals surface area contributed by atoms with Crippen LogP contribution in [0, 0.1) is 0 Å². The number of benzene rings is 1. The van der Waals surface area contributed by atoms with Gasteiger partial charge in [-0.15, -0.1) is 10.2 Å².